The highest BCUT2D eigenvalue weighted by atomic mass is 16.2. The van der Waals surface area contributed by atoms with Crippen LogP contribution < -0.4 is 26.3 Å². The number of pyridine rings is 1. The first kappa shape index (κ1) is 21.8. The van der Waals surface area contributed by atoms with Crippen LogP contribution in [0.5, 0.6) is 0 Å². The number of amides is 2. The van der Waals surface area contributed by atoms with Gasteiger partial charge in [0.05, 0.1) is 0 Å². The minimum absolute atomic E-state index is 0.126. The lowest BCUT2D eigenvalue weighted by Crippen LogP contribution is -2.44. The zero-order valence-corrected chi connectivity index (χ0v) is 17.4. The van der Waals surface area contributed by atoms with Crippen LogP contribution in [0.15, 0.2) is 66.9 Å². The Morgan fingerprint density at radius 2 is 1.87 bits per heavy atom. The summed E-state index contributed by atoms with van der Waals surface area (Å²) < 4.78 is 2.01. The number of guanidine groups is 1. The van der Waals surface area contributed by atoms with Crippen LogP contribution in [-0.4, -0.2) is 30.4 Å². The number of aromatic nitrogens is 1. The van der Waals surface area contributed by atoms with Crippen LogP contribution in [0.1, 0.15) is 23.2 Å². The van der Waals surface area contributed by atoms with Crippen LogP contribution in [-0.2, 0) is 11.8 Å². The van der Waals surface area contributed by atoms with Crippen molar-refractivity contribution in [2.24, 2.45) is 12.8 Å². The number of fused-ring (bicyclic) bond motifs is 1. The summed E-state index contributed by atoms with van der Waals surface area (Å²) in [5.41, 5.74) is 7.49. The van der Waals surface area contributed by atoms with Crippen molar-refractivity contribution in [1.82, 2.24) is 10.6 Å². The van der Waals surface area contributed by atoms with E-state index in [-0.39, 0.29) is 17.8 Å². The Hall–Kier alpha value is -3.94. The summed E-state index contributed by atoms with van der Waals surface area (Å²) in [5, 5.41) is 16.7. The van der Waals surface area contributed by atoms with Gasteiger partial charge in [-0.05, 0) is 43.2 Å². The van der Waals surface area contributed by atoms with E-state index in [4.69, 9.17) is 11.1 Å². The number of nitrogens with two attached hydrogens (primary N) is 1. The molecule has 0 radical (unpaired) electrons. The first-order valence-corrected chi connectivity index (χ1v) is 10.1. The topological polar surface area (TPSA) is 124 Å². The molecule has 0 fully saturated rings. The number of nitrogens with one attached hydrogen (secondary N) is 4. The SMILES string of the molecule is C[n+]1cccc2cc(NC(=O)[C@H](CCCNC(=N)N)NC(=O)c3ccccc3)ccc21. The molecule has 1 heterocycles. The maximum absolute atomic E-state index is 13.0. The van der Waals surface area contributed by atoms with Gasteiger partial charge in [-0.25, -0.2) is 4.57 Å². The second kappa shape index (κ2) is 10.2. The van der Waals surface area contributed by atoms with E-state index in [0.29, 0.717) is 30.6 Å². The molecule has 0 saturated carbocycles. The lowest BCUT2D eigenvalue weighted by molar-refractivity contribution is -0.644. The third-order valence-electron chi connectivity index (χ3n) is 4.90. The van der Waals surface area contributed by atoms with Gasteiger partial charge in [0.15, 0.2) is 12.2 Å². The lowest BCUT2D eigenvalue weighted by atomic mass is 10.1. The highest BCUT2D eigenvalue weighted by molar-refractivity contribution is 6.01. The van der Waals surface area contributed by atoms with E-state index in [0.717, 1.165) is 10.9 Å². The third kappa shape index (κ3) is 6.02. The number of hydrogen-bond acceptors (Lipinski definition) is 3. The fourth-order valence-corrected chi connectivity index (χ4v) is 3.30. The summed E-state index contributed by atoms with van der Waals surface area (Å²) in [5.74, 6) is -0.740. The molecule has 0 bridgehead atoms. The van der Waals surface area contributed by atoms with Crippen LogP contribution in [0.3, 0.4) is 0 Å². The van der Waals surface area contributed by atoms with Crippen molar-refractivity contribution in [2.75, 3.05) is 11.9 Å². The molecule has 1 atom stereocenters. The van der Waals surface area contributed by atoms with Gasteiger partial charge in [-0.3, -0.25) is 15.0 Å². The Bertz CT molecular complexity index is 1080. The van der Waals surface area contributed by atoms with E-state index in [2.05, 4.69) is 16.0 Å². The highest BCUT2D eigenvalue weighted by Crippen LogP contribution is 2.17. The van der Waals surface area contributed by atoms with Crippen molar-refractivity contribution in [3.63, 3.8) is 0 Å². The average molecular weight is 420 g/mol. The molecule has 8 heteroatoms. The summed E-state index contributed by atoms with van der Waals surface area (Å²) in [7, 11) is 1.96. The molecule has 1 aromatic heterocycles. The summed E-state index contributed by atoms with van der Waals surface area (Å²) >= 11 is 0. The lowest BCUT2D eigenvalue weighted by Gasteiger charge is -2.19. The van der Waals surface area contributed by atoms with Gasteiger partial charge >= 0.3 is 0 Å². The maximum atomic E-state index is 13.0. The summed E-state index contributed by atoms with van der Waals surface area (Å²) in [6.07, 6.45) is 2.92. The van der Waals surface area contributed by atoms with Crippen LogP contribution in [0.4, 0.5) is 5.69 Å². The zero-order valence-electron chi connectivity index (χ0n) is 17.4. The predicted octanol–water partition coefficient (Wildman–Crippen LogP) is 1.66. The molecule has 6 N–H and O–H groups in total. The van der Waals surface area contributed by atoms with Crippen molar-refractivity contribution in [3.8, 4) is 0 Å². The largest absolute Gasteiger partial charge is 0.370 e. The summed E-state index contributed by atoms with van der Waals surface area (Å²) in [6, 6.07) is 17.7. The molecule has 2 amide bonds. The number of carbonyl (C=O) groups excluding carboxylic acids is 2. The van der Waals surface area contributed by atoms with E-state index in [1.54, 1.807) is 24.3 Å². The van der Waals surface area contributed by atoms with Gasteiger partial charge in [-0.15, -0.1) is 0 Å². The number of carbonyl (C=O) groups is 2. The Labute approximate surface area is 181 Å². The van der Waals surface area contributed by atoms with Crippen LogP contribution in [0, 0.1) is 5.41 Å². The van der Waals surface area contributed by atoms with Gasteiger partial charge in [0, 0.05) is 35.3 Å². The molecule has 31 heavy (non-hydrogen) atoms. The summed E-state index contributed by atoms with van der Waals surface area (Å²) in [6.45, 7) is 0.437. The van der Waals surface area contributed by atoms with Crippen molar-refractivity contribution < 1.29 is 14.2 Å². The number of rotatable bonds is 8. The number of hydrogen-bond donors (Lipinski definition) is 5. The van der Waals surface area contributed by atoms with E-state index in [9.17, 15) is 9.59 Å². The molecule has 3 rings (SSSR count). The molecule has 0 spiro atoms. The minimum atomic E-state index is -0.732. The Morgan fingerprint density at radius 3 is 2.61 bits per heavy atom. The first-order chi connectivity index (χ1) is 14.9. The quantitative estimate of drug-likeness (QED) is 0.165. The Morgan fingerprint density at radius 1 is 1.10 bits per heavy atom. The van der Waals surface area contributed by atoms with Gasteiger partial charge in [0.1, 0.15) is 13.1 Å². The van der Waals surface area contributed by atoms with Crippen molar-refractivity contribution in [2.45, 2.75) is 18.9 Å². The average Bonchev–Trinajstić information content (AvgIpc) is 2.76. The number of nitrogens with zero attached hydrogens (tertiary/aromatic N) is 1. The van der Waals surface area contributed by atoms with Gasteiger partial charge in [-0.1, -0.05) is 18.2 Å². The van der Waals surface area contributed by atoms with Gasteiger partial charge in [0.25, 0.3) is 5.91 Å². The fraction of sp³-hybridized carbons (Fsp3) is 0.217. The molecule has 0 aliphatic carbocycles. The molecule has 3 aromatic rings. The van der Waals surface area contributed by atoms with Crippen molar-refractivity contribution in [1.29, 1.82) is 5.41 Å². The Balaban J connectivity index is 1.72. The van der Waals surface area contributed by atoms with Crippen molar-refractivity contribution in [3.05, 3.63) is 72.4 Å². The van der Waals surface area contributed by atoms with E-state index in [1.165, 1.54) is 0 Å². The number of anilines is 1. The third-order valence-corrected chi connectivity index (χ3v) is 4.90. The highest BCUT2D eigenvalue weighted by Gasteiger charge is 2.21. The normalized spacial score (nSPS) is 11.5. The van der Waals surface area contributed by atoms with Gasteiger partial charge < -0.3 is 21.7 Å². The van der Waals surface area contributed by atoms with E-state index >= 15 is 0 Å². The smallest absolute Gasteiger partial charge is 0.251 e. The van der Waals surface area contributed by atoms with Crippen LogP contribution in [0.25, 0.3) is 10.9 Å². The molecule has 0 unspecified atom stereocenters. The molecule has 0 saturated heterocycles. The maximum Gasteiger partial charge on any atom is 0.251 e. The molecule has 8 nitrogen and oxygen atoms in total. The minimum Gasteiger partial charge on any atom is -0.370 e. The number of benzene rings is 2. The zero-order chi connectivity index (χ0) is 22.2. The van der Waals surface area contributed by atoms with Crippen LogP contribution in [0.2, 0.25) is 0 Å². The van der Waals surface area contributed by atoms with E-state index < -0.39 is 6.04 Å². The second-order valence-corrected chi connectivity index (χ2v) is 7.26. The van der Waals surface area contributed by atoms with Gasteiger partial charge in [-0.2, -0.15) is 0 Å². The van der Waals surface area contributed by atoms with Crippen molar-refractivity contribution >= 4 is 34.4 Å². The molecule has 160 valence electrons. The number of aryl methyl sites for hydroxylation is 1. The molecular weight excluding hydrogens is 392 g/mol. The van der Waals surface area contributed by atoms with Crippen LogP contribution >= 0.6 is 0 Å². The molecule has 0 aliphatic heterocycles. The summed E-state index contributed by atoms with van der Waals surface area (Å²) in [4.78, 5) is 25.6. The second-order valence-electron chi connectivity index (χ2n) is 7.26. The fourth-order valence-electron chi connectivity index (χ4n) is 3.30. The van der Waals surface area contributed by atoms with E-state index in [1.807, 2.05) is 54.2 Å². The van der Waals surface area contributed by atoms with Gasteiger partial charge in [0.2, 0.25) is 11.4 Å². The standard InChI is InChI=1S/C23H26N6O2/c1-29-14-6-9-17-15-18(11-12-20(17)29)27-22(31)19(10-5-13-26-23(24)25)28-21(30)16-7-3-2-4-8-16/h2-4,6-9,11-12,14-15,19H,5,10,13H2,1H3,(H5-,24,25,26,27,28,30,31)/p+1/t19-/m0/s1. The predicted molar refractivity (Wildman–Crippen MR) is 121 cm³/mol. The Kier molecular flexibility index (Phi) is 7.16. The monoisotopic (exact) mass is 419 g/mol. The molecular formula is C23H27N6O2+. The first-order valence-electron chi connectivity index (χ1n) is 10.1. The molecule has 0 aliphatic rings. The molecule has 2 aromatic carbocycles.